The zero-order chi connectivity index (χ0) is 22.4. The average molecular weight is 452 g/mol. The first-order valence-corrected chi connectivity index (χ1v) is 11.3. The molecule has 3 rings (SSSR count). The third-order valence-corrected chi connectivity index (χ3v) is 6.62. The predicted molar refractivity (Wildman–Crippen MR) is 113 cm³/mol. The van der Waals surface area contributed by atoms with Gasteiger partial charge in [0.15, 0.2) is 0 Å². The molecule has 1 heterocycles. The maximum atomic E-state index is 13.4. The lowest BCUT2D eigenvalue weighted by Gasteiger charge is -2.35. The zero-order valence-corrected chi connectivity index (χ0v) is 18.2. The first kappa shape index (κ1) is 23.1. The number of nitrogens with one attached hydrogen (secondary N) is 2. The van der Waals surface area contributed by atoms with E-state index in [1.54, 1.807) is 12.1 Å². The second-order valence-corrected chi connectivity index (χ2v) is 8.85. The first-order valence-electron chi connectivity index (χ1n) is 9.82. The van der Waals surface area contributed by atoms with E-state index < -0.39 is 15.9 Å². The summed E-state index contributed by atoms with van der Waals surface area (Å²) in [6.07, 6.45) is 0. The van der Waals surface area contributed by atoms with Gasteiger partial charge in [0, 0.05) is 25.2 Å². The number of ether oxygens (including phenoxy) is 2. The molecule has 0 radical (unpaired) electrons. The Morgan fingerprint density at radius 2 is 1.87 bits per heavy atom. The number of hydrogen-bond donors (Lipinski definition) is 2. The minimum absolute atomic E-state index is 0.117. The van der Waals surface area contributed by atoms with Crippen LogP contribution in [0.1, 0.15) is 22.0 Å². The molecular weight excluding hydrogens is 425 g/mol. The molecule has 2 N–H and O–H groups in total. The number of nitrogens with zero attached hydrogens (tertiary/aromatic N) is 1. The van der Waals surface area contributed by atoms with Crippen LogP contribution < -0.4 is 14.8 Å². The highest BCUT2D eigenvalue weighted by Gasteiger charge is 2.24. The Balaban J connectivity index is 1.80. The predicted octanol–water partition coefficient (Wildman–Crippen LogP) is 1.55. The minimum Gasteiger partial charge on any atom is -0.495 e. The van der Waals surface area contributed by atoms with Crippen LogP contribution in [-0.4, -0.2) is 66.2 Å². The Labute approximate surface area is 181 Å². The van der Waals surface area contributed by atoms with Gasteiger partial charge in [0.1, 0.15) is 16.5 Å². The summed E-state index contributed by atoms with van der Waals surface area (Å²) < 4.78 is 50.7. The number of halogens is 1. The van der Waals surface area contributed by atoms with Gasteiger partial charge < -0.3 is 14.8 Å². The standard InChI is InChI=1S/C21H26FN3O5S/c1-23-31(27,28)20-13-16(5-8-19(20)29-2)21(26)24-14-18(25-9-11-30-12-10-25)15-3-6-17(22)7-4-15/h3-8,13,18,23H,9-12,14H2,1-2H3,(H,24,26). The SMILES string of the molecule is CNS(=O)(=O)c1cc(C(=O)NCC(c2ccc(F)cc2)N2CCOCC2)ccc1OC. The molecular formula is C21H26FN3O5S. The van der Waals surface area contributed by atoms with Gasteiger partial charge in [-0.1, -0.05) is 12.1 Å². The fraction of sp³-hybridized carbons (Fsp3) is 0.381. The average Bonchev–Trinajstić information content (AvgIpc) is 2.80. The monoisotopic (exact) mass is 451 g/mol. The van der Waals surface area contributed by atoms with Crippen molar-refractivity contribution in [3.05, 3.63) is 59.4 Å². The van der Waals surface area contributed by atoms with Crippen LogP contribution in [0, 0.1) is 5.82 Å². The lowest BCUT2D eigenvalue weighted by molar-refractivity contribution is 0.0162. The highest BCUT2D eigenvalue weighted by atomic mass is 32.2. The molecule has 1 unspecified atom stereocenters. The molecule has 8 nitrogen and oxygen atoms in total. The van der Waals surface area contributed by atoms with Crippen LogP contribution >= 0.6 is 0 Å². The number of carbonyl (C=O) groups is 1. The van der Waals surface area contributed by atoms with E-state index in [2.05, 4.69) is 14.9 Å². The maximum Gasteiger partial charge on any atom is 0.251 e. The van der Waals surface area contributed by atoms with Gasteiger partial charge in [-0.25, -0.2) is 17.5 Å². The third-order valence-electron chi connectivity index (χ3n) is 5.18. The molecule has 0 saturated carbocycles. The summed E-state index contributed by atoms with van der Waals surface area (Å²) in [5.74, 6) is -0.607. The number of carbonyl (C=O) groups excluding carboxylic acids is 1. The topological polar surface area (TPSA) is 97.0 Å². The van der Waals surface area contributed by atoms with Crippen LogP contribution in [0.5, 0.6) is 5.75 Å². The van der Waals surface area contributed by atoms with Gasteiger partial charge >= 0.3 is 0 Å². The Morgan fingerprint density at radius 1 is 1.19 bits per heavy atom. The summed E-state index contributed by atoms with van der Waals surface area (Å²) in [6, 6.07) is 10.2. The number of morpholine rings is 1. The van der Waals surface area contributed by atoms with E-state index in [0.29, 0.717) is 26.3 Å². The van der Waals surface area contributed by atoms with Crippen molar-refractivity contribution >= 4 is 15.9 Å². The van der Waals surface area contributed by atoms with Crippen LogP contribution in [0.15, 0.2) is 47.4 Å². The molecule has 2 aromatic rings. The molecule has 0 aliphatic carbocycles. The van der Waals surface area contributed by atoms with Crippen molar-refractivity contribution in [3.63, 3.8) is 0 Å². The van der Waals surface area contributed by atoms with Crippen molar-refractivity contribution in [1.29, 1.82) is 0 Å². The van der Waals surface area contributed by atoms with E-state index >= 15 is 0 Å². The van der Waals surface area contributed by atoms with Gasteiger partial charge in [-0.15, -0.1) is 0 Å². The molecule has 1 atom stereocenters. The molecule has 0 spiro atoms. The number of benzene rings is 2. The van der Waals surface area contributed by atoms with E-state index in [-0.39, 0.29) is 34.6 Å². The zero-order valence-electron chi connectivity index (χ0n) is 17.4. The van der Waals surface area contributed by atoms with E-state index in [1.165, 1.54) is 44.5 Å². The number of sulfonamides is 1. The number of rotatable bonds is 8. The highest BCUT2D eigenvalue weighted by molar-refractivity contribution is 7.89. The summed E-state index contributed by atoms with van der Waals surface area (Å²) in [5, 5.41) is 2.87. The minimum atomic E-state index is -3.81. The molecule has 0 aromatic heterocycles. The summed E-state index contributed by atoms with van der Waals surface area (Å²) in [7, 11) is -1.16. The lowest BCUT2D eigenvalue weighted by Crippen LogP contribution is -2.43. The van der Waals surface area contributed by atoms with Crippen molar-refractivity contribution in [2.24, 2.45) is 0 Å². The first-order chi connectivity index (χ1) is 14.9. The molecule has 31 heavy (non-hydrogen) atoms. The van der Waals surface area contributed by atoms with E-state index in [0.717, 1.165) is 5.56 Å². The number of methoxy groups -OCH3 is 1. The van der Waals surface area contributed by atoms with Crippen LogP contribution in [0.2, 0.25) is 0 Å². The Hall–Kier alpha value is -2.53. The van der Waals surface area contributed by atoms with Gasteiger partial charge in [0.2, 0.25) is 10.0 Å². The molecule has 168 valence electrons. The highest BCUT2D eigenvalue weighted by Crippen LogP contribution is 2.25. The fourth-order valence-electron chi connectivity index (χ4n) is 3.46. The van der Waals surface area contributed by atoms with Crippen molar-refractivity contribution in [2.75, 3.05) is 47.0 Å². The lowest BCUT2D eigenvalue weighted by atomic mass is 10.0. The molecule has 1 saturated heterocycles. The molecule has 1 aliphatic heterocycles. The number of hydrogen-bond acceptors (Lipinski definition) is 6. The van der Waals surface area contributed by atoms with E-state index in [1.807, 2.05) is 0 Å². The number of amides is 1. The van der Waals surface area contributed by atoms with E-state index in [9.17, 15) is 17.6 Å². The van der Waals surface area contributed by atoms with Crippen LogP contribution in [0.3, 0.4) is 0 Å². The fourth-order valence-corrected chi connectivity index (χ4v) is 4.38. The van der Waals surface area contributed by atoms with Crippen LogP contribution in [0.4, 0.5) is 4.39 Å². The van der Waals surface area contributed by atoms with Gasteiger partial charge in [0.25, 0.3) is 5.91 Å². The Kier molecular flexibility index (Phi) is 7.60. The van der Waals surface area contributed by atoms with Gasteiger partial charge in [0.05, 0.1) is 26.4 Å². The van der Waals surface area contributed by atoms with Crippen molar-refractivity contribution in [1.82, 2.24) is 14.9 Å². The summed E-state index contributed by atoms with van der Waals surface area (Å²) >= 11 is 0. The molecule has 1 aliphatic rings. The molecule has 10 heteroatoms. The van der Waals surface area contributed by atoms with Gasteiger partial charge in [-0.2, -0.15) is 0 Å². The second kappa shape index (κ2) is 10.2. The largest absolute Gasteiger partial charge is 0.495 e. The molecule has 2 aromatic carbocycles. The van der Waals surface area contributed by atoms with E-state index in [4.69, 9.17) is 9.47 Å². The van der Waals surface area contributed by atoms with Gasteiger partial charge in [-0.3, -0.25) is 9.69 Å². The smallest absolute Gasteiger partial charge is 0.251 e. The Bertz CT molecular complexity index is 1010. The summed E-state index contributed by atoms with van der Waals surface area (Å²) in [5.41, 5.74) is 1.06. The van der Waals surface area contributed by atoms with Gasteiger partial charge in [-0.05, 0) is 42.9 Å². The van der Waals surface area contributed by atoms with Crippen molar-refractivity contribution < 1.29 is 27.1 Å². The molecule has 1 fully saturated rings. The second-order valence-electron chi connectivity index (χ2n) is 7.00. The molecule has 1 amide bonds. The quantitative estimate of drug-likeness (QED) is 0.632. The normalized spacial score (nSPS) is 16.0. The summed E-state index contributed by atoms with van der Waals surface area (Å²) in [4.78, 5) is 14.9. The van der Waals surface area contributed by atoms with Crippen LogP contribution in [0.25, 0.3) is 0 Å². The maximum absolute atomic E-state index is 13.4. The summed E-state index contributed by atoms with van der Waals surface area (Å²) in [6.45, 7) is 2.80. The van der Waals surface area contributed by atoms with Crippen LogP contribution in [-0.2, 0) is 14.8 Å². The Morgan fingerprint density at radius 3 is 2.48 bits per heavy atom. The third kappa shape index (κ3) is 5.59. The van der Waals surface area contributed by atoms with Crippen molar-refractivity contribution in [3.8, 4) is 5.75 Å². The molecule has 0 bridgehead atoms. The van der Waals surface area contributed by atoms with Crippen molar-refractivity contribution in [2.45, 2.75) is 10.9 Å².